The normalized spacial score (nSPS) is 19.3. The van der Waals surface area contributed by atoms with Gasteiger partial charge in [-0.05, 0) is 38.5 Å². The lowest BCUT2D eigenvalue weighted by atomic mass is 10.0. The summed E-state index contributed by atoms with van der Waals surface area (Å²) in [6.07, 6.45) is -0.321. The molecule has 0 saturated carbocycles. The number of hydrogen-bond donors (Lipinski definition) is 0. The number of fused-ring (bicyclic) bond motifs is 1. The molecule has 2 heterocycles. The second kappa shape index (κ2) is 8.74. The van der Waals surface area contributed by atoms with Gasteiger partial charge >= 0.3 is 6.09 Å². The van der Waals surface area contributed by atoms with Crippen LogP contribution in [0.4, 0.5) is 4.79 Å². The molecule has 0 aliphatic carbocycles. The summed E-state index contributed by atoms with van der Waals surface area (Å²) in [5.74, 6) is -0.483. The number of benzene rings is 2. The van der Waals surface area contributed by atoms with E-state index < -0.39 is 5.60 Å². The van der Waals surface area contributed by atoms with Gasteiger partial charge in [-0.1, -0.05) is 42.5 Å². The maximum atomic E-state index is 12.7. The number of imide groups is 1. The van der Waals surface area contributed by atoms with Gasteiger partial charge in [0.15, 0.2) is 0 Å². The largest absolute Gasteiger partial charge is 0.444 e. The smallest absolute Gasteiger partial charge is 0.410 e. The Kier molecular flexibility index (Phi) is 6.02. The summed E-state index contributed by atoms with van der Waals surface area (Å²) in [4.78, 5) is 43.4. The average molecular weight is 436 g/mol. The molecule has 7 nitrogen and oxygen atoms in total. The van der Waals surface area contributed by atoms with E-state index in [1.807, 2.05) is 51.1 Å². The van der Waals surface area contributed by atoms with Crippen molar-refractivity contribution in [3.05, 3.63) is 71.3 Å². The van der Waals surface area contributed by atoms with E-state index in [0.717, 1.165) is 5.56 Å². The first-order chi connectivity index (χ1) is 15.2. The minimum absolute atomic E-state index is 0.0485. The molecule has 0 N–H and O–H groups in total. The number of hydrogen-bond acceptors (Lipinski definition) is 5. The molecule has 3 amide bonds. The van der Waals surface area contributed by atoms with E-state index >= 15 is 0 Å². The molecule has 1 saturated heterocycles. The van der Waals surface area contributed by atoms with Crippen molar-refractivity contribution in [2.24, 2.45) is 0 Å². The predicted molar refractivity (Wildman–Crippen MR) is 120 cm³/mol. The second-order valence-corrected chi connectivity index (χ2v) is 9.20. The molecule has 2 aliphatic heterocycles. The Morgan fingerprint density at radius 1 is 0.906 bits per heavy atom. The fourth-order valence-electron chi connectivity index (χ4n) is 4.24. The van der Waals surface area contributed by atoms with Gasteiger partial charge in [-0.2, -0.15) is 0 Å². The quantitative estimate of drug-likeness (QED) is 0.687. The van der Waals surface area contributed by atoms with Crippen molar-refractivity contribution in [3.63, 3.8) is 0 Å². The van der Waals surface area contributed by atoms with E-state index in [9.17, 15) is 14.4 Å². The lowest BCUT2D eigenvalue weighted by molar-refractivity contribution is 0.00268. The summed E-state index contributed by atoms with van der Waals surface area (Å²) in [5, 5.41) is 0. The Labute approximate surface area is 188 Å². The zero-order valence-electron chi connectivity index (χ0n) is 18.8. The molecule has 2 aliphatic rings. The second-order valence-electron chi connectivity index (χ2n) is 9.20. The van der Waals surface area contributed by atoms with Crippen molar-refractivity contribution in [2.75, 3.05) is 32.7 Å². The first-order valence-corrected chi connectivity index (χ1v) is 11.0. The van der Waals surface area contributed by atoms with E-state index in [-0.39, 0.29) is 23.9 Å². The van der Waals surface area contributed by atoms with Gasteiger partial charge < -0.3 is 9.64 Å². The van der Waals surface area contributed by atoms with Gasteiger partial charge in [-0.3, -0.25) is 19.4 Å². The van der Waals surface area contributed by atoms with Crippen LogP contribution < -0.4 is 0 Å². The Bertz CT molecular complexity index is 980. The fourth-order valence-corrected chi connectivity index (χ4v) is 4.24. The first-order valence-electron chi connectivity index (χ1n) is 11.0. The molecule has 0 bridgehead atoms. The summed E-state index contributed by atoms with van der Waals surface area (Å²) < 4.78 is 5.57. The molecule has 0 aromatic heterocycles. The predicted octanol–water partition coefficient (Wildman–Crippen LogP) is 3.58. The molecule has 1 unspecified atom stereocenters. The van der Waals surface area contributed by atoms with Crippen LogP contribution in [0, 0.1) is 0 Å². The maximum Gasteiger partial charge on any atom is 0.410 e. The highest BCUT2D eigenvalue weighted by Gasteiger charge is 2.37. The first kappa shape index (κ1) is 22.0. The maximum absolute atomic E-state index is 12.7. The van der Waals surface area contributed by atoms with Crippen molar-refractivity contribution in [1.29, 1.82) is 0 Å². The van der Waals surface area contributed by atoms with Gasteiger partial charge in [0, 0.05) is 32.7 Å². The van der Waals surface area contributed by atoms with Gasteiger partial charge in [-0.15, -0.1) is 0 Å². The topological polar surface area (TPSA) is 70.2 Å². The lowest BCUT2D eigenvalue weighted by Crippen LogP contribution is -2.53. The van der Waals surface area contributed by atoms with Crippen molar-refractivity contribution in [1.82, 2.24) is 14.7 Å². The van der Waals surface area contributed by atoms with Gasteiger partial charge in [0.05, 0.1) is 17.2 Å². The fraction of sp³-hybridized carbons (Fsp3) is 0.400. The van der Waals surface area contributed by atoms with Gasteiger partial charge in [0.25, 0.3) is 11.8 Å². The lowest BCUT2D eigenvalue weighted by Gasteiger charge is -2.42. The van der Waals surface area contributed by atoms with Crippen molar-refractivity contribution >= 4 is 17.9 Å². The highest BCUT2D eigenvalue weighted by molar-refractivity contribution is 6.21. The zero-order chi connectivity index (χ0) is 22.9. The van der Waals surface area contributed by atoms with E-state index in [4.69, 9.17) is 4.74 Å². The molecule has 7 heteroatoms. The van der Waals surface area contributed by atoms with Crippen LogP contribution in [-0.2, 0) is 4.74 Å². The number of rotatable bonds is 4. The number of piperazine rings is 1. The third kappa shape index (κ3) is 4.53. The number of carbonyl (C=O) groups is 3. The molecule has 1 fully saturated rings. The van der Waals surface area contributed by atoms with Gasteiger partial charge in [0.1, 0.15) is 5.60 Å². The highest BCUT2D eigenvalue weighted by atomic mass is 16.6. The Morgan fingerprint density at radius 2 is 1.50 bits per heavy atom. The van der Waals surface area contributed by atoms with Crippen LogP contribution in [0.2, 0.25) is 0 Å². The molecule has 168 valence electrons. The van der Waals surface area contributed by atoms with Crippen molar-refractivity contribution < 1.29 is 19.1 Å². The van der Waals surface area contributed by atoms with Crippen LogP contribution in [0.15, 0.2) is 54.6 Å². The highest BCUT2D eigenvalue weighted by Crippen LogP contribution is 2.28. The molecule has 2 aromatic rings. The van der Waals surface area contributed by atoms with Gasteiger partial charge in [-0.25, -0.2) is 4.79 Å². The third-order valence-corrected chi connectivity index (χ3v) is 5.82. The molecular weight excluding hydrogens is 406 g/mol. The number of amides is 3. The standard InChI is InChI=1S/C25H29N3O4/c1-25(2,3)32-24(31)27-14-13-26(21(17-27)18-9-5-4-6-10-18)15-16-28-22(29)19-11-7-8-12-20(19)23(28)30/h4-12,21H,13-17H2,1-3H3. The number of carbonyl (C=O) groups excluding carboxylic acids is 3. The molecule has 32 heavy (non-hydrogen) atoms. The van der Waals surface area contributed by atoms with Crippen LogP contribution in [0.25, 0.3) is 0 Å². The van der Waals surface area contributed by atoms with E-state index in [2.05, 4.69) is 4.90 Å². The van der Waals surface area contributed by atoms with E-state index in [0.29, 0.717) is 43.9 Å². The Balaban J connectivity index is 1.48. The minimum Gasteiger partial charge on any atom is -0.444 e. The monoisotopic (exact) mass is 435 g/mol. The van der Waals surface area contributed by atoms with Crippen LogP contribution >= 0.6 is 0 Å². The molecule has 0 spiro atoms. The van der Waals surface area contributed by atoms with E-state index in [1.54, 1.807) is 29.2 Å². The third-order valence-electron chi connectivity index (χ3n) is 5.82. The summed E-state index contributed by atoms with van der Waals surface area (Å²) >= 11 is 0. The SMILES string of the molecule is CC(C)(C)OC(=O)N1CCN(CCN2C(=O)c3ccccc3C2=O)C(c2ccccc2)C1. The van der Waals surface area contributed by atoms with Crippen LogP contribution in [0.5, 0.6) is 0 Å². The molecular formula is C25H29N3O4. The summed E-state index contributed by atoms with van der Waals surface area (Å²) in [6, 6.07) is 16.9. The minimum atomic E-state index is -0.554. The molecule has 1 atom stereocenters. The molecule has 4 rings (SSSR count). The van der Waals surface area contributed by atoms with Gasteiger partial charge in [0.2, 0.25) is 0 Å². The summed E-state index contributed by atoms with van der Waals surface area (Å²) in [7, 11) is 0. The number of ether oxygens (including phenoxy) is 1. The van der Waals surface area contributed by atoms with Crippen molar-refractivity contribution in [3.8, 4) is 0 Å². The van der Waals surface area contributed by atoms with Crippen LogP contribution in [0.3, 0.4) is 0 Å². The Morgan fingerprint density at radius 3 is 2.09 bits per heavy atom. The Hall–Kier alpha value is -3.19. The zero-order valence-corrected chi connectivity index (χ0v) is 18.8. The van der Waals surface area contributed by atoms with E-state index in [1.165, 1.54) is 4.90 Å². The summed E-state index contributed by atoms with van der Waals surface area (Å²) in [6.45, 7) is 8.06. The van der Waals surface area contributed by atoms with Crippen molar-refractivity contribution in [2.45, 2.75) is 32.4 Å². The van der Waals surface area contributed by atoms with Crippen LogP contribution in [0.1, 0.15) is 53.1 Å². The average Bonchev–Trinajstić information content (AvgIpc) is 3.02. The summed E-state index contributed by atoms with van der Waals surface area (Å²) in [5.41, 5.74) is 1.46. The number of nitrogens with zero attached hydrogens (tertiary/aromatic N) is 3. The van der Waals surface area contributed by atoms with Crippen LogP contribution in [-0.4, -0.2) is 70.9 Å². The molecule has 2 aromatic carbocycles. The molecule has 0 radical (unpaired) electrons.